The molecule has 0 saturated heterocycles. The summed E-state index contributed by atoms with van der Waals surface area (Å²) >= 11 is 1.08. The van der Waals surface area contributed by atoms with Gasteiger partial charge in [0, 0.05) is 5.56 Å². The Kier molecular flexibility index (Phi) is 4.40. The summed E-state index contributed by atoms with van der Waals surface area (Å²) < 4.78 is 5.35. The zero-order valence-electron chi connectivity index (χ0n) is 10.3. The summed E-state index contributed by atoms with van der Waals surface area (Å²) in [4.78, 5) is 14.7. The summed E-state index contributed by atoms with van der Waals surface area (Å²) in [6, 6.07) is 7.45. The maximum absolute atomic E-state index is 10.4. The molecule has 0 aliphatic rings. The molecule has 19 heavy (non-hydrogen) atoms. The van der Waals surface area contributed by atoms with E-state index in [4.69, 9.17) is 9.84 Å². The Labute approximate surface area is 114 Å². The van der Waals surface area contributed by atoms with Gasteiger partial charge in [-0.2, -0.15) is 0 Å². The number of H-pyrrole nitrogens is 1. The van der Waals surface area contributed by atoms with E-state index in [0.717, 1.165) is 23.1 Å². The van der Waals surface area contributed by atoms with E-state index < -0.39 is 5.97 Å². The van der Waals surface area contributed by atoms with Crippen LogP contribution >= 0.6 is 11.8 Å². The fourth-order valence-electron chi connectivity index (χ4n) is 1.44. The molecule has 1 aromatic heterocycles. The standard InChI is InChI=1S/C12H13N3O3S/c1-2-18-9-5-3-8(4-6-9)11-13-12(15-14-11)19-7-10(16)17/h3-6H,2,7H2,1H3,(H,16,17)(H,13,14,15). The molecule has 0 atom stereocenters. The minimum Gasteiger partial charge on any atom is -0.494 e. The summed E-state index contributed by atoms with van der Waals surface area (Å²) in [5.74, 6) is 0.459. The number of hydrogen-bond acceptors (Lipinski definition) is 5. The number of rotatable bonds is 6. The van der Waals surface area contributed by atoms with Gasteiger partial charge < -0.3 is 9.84 Å². The van der Waals surface area contributed by atoms with Crippen molar-refractivity contribution in [2.24, 2.45) is 0 Å². The van der Waals surface area contributed by atoms with Gasteiger partial charge in [-0.1, -0.05) is 11.8 Å². The number of aromatic amines is 1. The molecule has 1 aromatic carbocycles. The van der Waals surface area contributed by atoms with Crippen LogP contribution in [-0.4, -0.2) is 38.6 Å². The minimum absolute atomic E-state index is 0.0550. The number of ether oxygens (including phenoxy) is 1. The average molecular weight is 279 g/mol. The van der Waals surface area contributed by atoms with Gasteiger partial charge in [-0.05, 0) is 31.2 Å². The Balaban J connectivity index is 2.07. The topological polar surface area (TPSA) is 88.1 Å². The number of aliphatic carboxylic acids is 1. The SMILES string of the molecule is CCOc1ccc(-c2nc(SCC(=O)O)n[nH]2)cc1. The first-order valence-corrected chi connectivity index (χ1v) is 6.68. The number of carboxylic acids is 1. The summed E-state index contributed by atoms with van der Waals surface area (Å²) in [5, 5.41) is 15.7. The number of carboxylic acid groups (broad SMARTS) is 1. The zero-order valence-corrected chi connectivity index (χ0v) is 11.1. The van der Waals surface area contributed by atoms with Crippen LogP contribution in [0.1, 0.15) is 6.92 Å². The van der Waals surface area contributed by atoms with Crippen molar-refractivity contribution in [3.8, 4) is 17.1 Å². The smallest absolute Gasteiger partial charge is 0.313 e. The quantitative estimate of drug-likeness (QED) is 0.787. The first-order valence-electron chi connectivity index (χ1n) is 5.69. The van der Waals surface area contributed by atoms with Gasteiger partial charge in [-0.3, -0.25) is 9.89 Å². The normalized spacial score (nSPS) is 10.4. The van der Waals surface area contributed by atoms with E-state index in [-0.39, 0.29) is 5.75 Å². The van der Waals surface area contributed by atoms with Gasteiger partial charge in [0.05, 0.1) is 12.4 Å². The Bertz CT molecular complexity index is 554. The van der Waals surface area contributed by atoms with Crippen molar-refractivity contribution in [3.63, 3.8) is 0 Å². The second kappa shape index (κ2) is 6.24. The molecule has 0 aliphatic heterocycles. The second-order valence-electron chi connectivity index (χ2n) is 3.61. The molecule has 6 nitrogen and oxygen atoms in total. The van der Waals surface area contributed by atoms with E-state index in [1.54, 1.807) is 0 Å². The van der Waals surface area contributed by atoms with Gasteiger partial charge in [0.1, 0.15) is 5.75 Å². The molecule has 1 heterocycles. The Hall–Kier alpha value is -2.02. The van der Waals surface area contributed by atoms with Gasteiger partial charge in [-0.25, -0.2) is 4.98 Å². The lowest BCUT2D eigenvalue weighted by molar-refractivity contribution is -0.133. The van der Waals surface area contributed by atoms with Crippen LogP contribution in [0.15, 0.2) is 29.4 Å². The first kappa shape index (κ1) is 13.4. The van der Waals surface area contributed by atoms with Crippen LogP contribution in [0.5, 0.6) is 5.75 Å². The van der Waals surface area contributed by atoms with Gasteiger partial charge in [-0.15, -0.1) is 5.10 Å². The van der Waals surface area contributed by atoms with Crippen LogP contribution in [0.3, 0.4) is 0 Å². The number of nitrogens with one attached hydrogen (secondary N) is 1. The molecule has 0 saturated carbocycles. The van der Waals surface area contributed by atoms with E-state index in [0.29, 0.717) is 17.6 Å². The van der Waals surface area contributed by atoms with Gasteiger partial charge in [0.15, 0.2) is 5.82 Å². The molecule has 2 aromatic rings. The first-order chi connectivity index (χ1) is 9.19. The van der Waals surface area contributed by atoms with Gasteiger partial charge in [0.25, 0.3) is 0 Å². The molecule has 0 amide bonds. The Morgan fingerprint density at radius 1 is 1.42 bits per heavy atom. The van der Waals surface area contributed by atoms with Crippen LogP contribution in [-0.2, 0) is 4.79 Å². The molecule has 0 aliphatic carbocycles. The predicted octanol–water partition coefficient (Wildman–Crippen LogP) is 2.05. The third kappa shape index (κ3) is 3.72. The highest BCUT2D eigenvalue weighted by Gasteiger charge is 2.08. The molecular formula is C12H13N3O3S. The monoisotopic (exact) mass is 279 g/mol. The van der Waals surface area contributed by atoms with Crippen molar-refractivity contribution in [2.75, 3.05) is 12.4 Å². The molecule has 2 N–H and O–H groups in total. The third-order valence-electron chi connectivity index (χ3n) is 2.23. The molecule has 0 unspecified atom stereocenters. The molecule has 0 radical (unpaired) electrons. The van der Waals surface area contributed by atoms with Crippen molar-refractivity contribution < 1.29 is 14.6 Å². The fourth-order valence-corrected chi connectivity index (χ4v) is 1.96. The van der Waals surface area contributed by atoms with Crippen molar-refractivity contribution in [1.82, 2.24) is 15.2 Å². The number of thioether (sulfide) groups is 1. The summed E-state index contributed by atoms with van der Waals surface area (Å²) in [5.41, 5.74) is 0.873. The fraction of sp³-hybridized carbons (Fsp3) is 0.250. The molecule has 2 rings (SSSR count). The number of hydrogen-bond donors (Lipinski definition) is 2. The van der Waals surface area contributed by atoms with Crippen molar-refractivity contribution in [2.45, 2.75) is 12.1 Å². The van der Waals surface area contributed by atoms with E-state index in [9.17, 15) is 4.79 Å². The predicted molar refractivity (Wildman–Crippen MR) is 71.3 cm³/mol. The average Bonchev–Trinajstić information content (AvgIpc) is 2.86. The third-order valence-corrected chi connectivity index (χ3v) is 3.06. The number of aromatic nitrogens is 3. The van der Waals surface area contributed by atoms with Gasteiger partial charge >= 0.3 is 5.97 Å². The highest BCUT2D eigenvalue weighted by atomic mass is 32.2. The van der Waals surface area contributed by atoms with Crippen LogP contribution < -0.4 is 4.74 Å². The summed E-state index contributed by atoms with van der Waals surface area (Å²) in [7, 11) is 0. The van der Waals surface area contributed by atoms with Crippen LogP contribution in [0.25, 0.3) is 11.4 Å². The summed E-state index contributed by atoms with van der Waals surface area (Å²) in [6.45, 7) is 2.55. The molecule has 0 fully saturated rings. The van der Waals surface area contributed by atoms with E-state index in [1.807, 2.05) is 31.2 Å². The lowest BCUT2D eigenvalue weighted by Gasteiger charge is -2.02. The van der Waals surface area contributed by atoms with Crippen LogP contribution in [0.4, 0.5) is 0 Å². The van der Waals surface area contributed by atoms with E-state index in [2.05, 4.69) is 15.2 Å². The van der Waals surface area contributed by atoms with Crippen LogP contribution in [0, 0.1) is 0 Å². The molecule has 100 valence electrons. The Morgan fingerprint density at radius 3 is 2.79 bits per heavy atom. The lowest BCUT2D eigenvalue weighted by Crippen LogP contribution is -1.97. The maximum Gasteiger partial charge on any atom is 0.313 e. The largest absolute Gasteiger partial charge is 0.494 e. The minimum atomic E-state index is -0.891. The van der Waals surface area contributed by atoms with Crippen molar-refractivity contribution in [3.05, 3.63) is 24.3 Å². The highest BCUT2D eigenvalue weighted by Crippen LogP contribution is 2.21. The lowest BCUT2D eigenvalue weighted by atomic mass is 10.2. The number of carbonyl (C=O) groups is 1. The maximum atomic E-state index is 10.4. The molecule has 0 spiro atoms. The number of nitrogens with zero attached hydrogens (tertiary/aromatic N) is 2. The van der Waals surface area contributed by atoms with Gasteiger partial charge in [0.2, 0.25) is 5.16 Å². The zero-order chi connectivity index (χ0) is 13.7. The van der Waals surface area contributed by atoms with Crippen molar-refractivity contribution in [1.29, 1.82) is 0 Å². The molecule has 7 heteroatoms. The second-order valence-corrected chi connectivity index (χ2v) is 4.55. The number of benzene rings is 1. The Morgan fingerprint density at radius 2 is 2.16 bits per heavy atom. The molecule has 0 bridgehead atoms. The van der Waals surface area contributed by atoms with Crippen LogP contribution in [0.2, 0.25) is 0 Å². The van der Waals surface area contributed by atoms with Crippen molar-refractivity contribution >= 4 is 17.7 Å². The van der Waals surface area contributed by atoms with E-state index in [1.165, 1.54) is 0 Å². The summed E-state index contributed by atoms with van der Waals surface area (Å²) in [6.07, 6.45) is 0. The molecular weight excluding hydrogens is 266 g/mol. The highest BCUT2D eigenvalue weighted by molar-refractivity contribution is 7.99. The van der Waals surface area contributed by atoms with E-state index >= 15 is 0 Å².